The molecule has 4 rings (SSSR count). The van der Waals surface area contributed by atoms with Crippen molar-refractivity contribution in [1.82, 2.24) is 9.55 Å². The lowest BCUT2D eigenvalue weighted by Crippen LogP contribution is -2.12. The van der Waals surface area contributed by atoms with E-state index in [9.17, 15) is 0 Å². The molecule has 0 aliphatic rings. The molecular formula is C28H32N2O2. The van der Waals surface area contributed by atoms with Crippen LogP contribution in [0.25, 0.3) is 11.0 Å². The first-order valence-electron chi connectivity index (χ1n) is 11.5. The third-order valence-electron chi connectivity index (χ3n) is 5.70. The van der Waals surface area contributed by atoms with Crippen LogP contribution in [-0.2, 0) is 6.54 Å². The molecule has 0 saturated heterocycles. The number of aryl methyl sites for hydroxylation is 1. The number of ether oxygens (including phenoxy) is 2. The average Bonchev–Trinajstić information content (AvgIpc) is 3.19. The lowest BCUT2D eigenvalue weighted by Gasteiger charge is -2.17. The van der Waals surface area contributed by atoms with E-state index in [0.717, 1.165) is 47.7 Å². The Hall–Kier alpha value is -3.27. The van der Waals surface area contributed by atoms with Gasteiger partial charge in [0, 0.05) is 6.54 Å². The van der Waals surface area contributed by atoms with Gasteiger partial charge in [-0.3, -0.25) is 0 Å². The molecule has 32 heavy (non-hydrogen) atoms. The lowest BCUT2D eigenvalue weighted by atomic mass is 10.0. The summed E-state index contributed by atoms with van der Waals surface area (Å²) in [5.41, 5.74) is 3.49. The summed E-state index contributed by atoms with van der Waals surface area (Å²) in [7, 11) is 0. The molecule has 166 valence electrons. The molecule has 0 amide bonds. The van der Waals surface area contributed by atoms with Gasteiger partial charge in [0.25, 0.3) is 0 Å². The maximum absolute atomic E-state index is 6.17. The van der Waals surface area contributed by atoms with Crippen molar-refractivity contribution in [2.75, 3.05) is 6.61 Å². The molecule has 4 heteroatoms. The van der Waals surface area contributed by atoms with Crippen LogP contribution >= 0.6 is 0 Å². The molecule has 0 spiro atoms. The van der Waals surface area contributed by atoms with Crippen LogP contribution in [-0.4, -0.2) is 16.2 Å². The van der Waals surface area contributed by atoms with Gasteiger partial charge in [0.05, 0.1) is 17.6 Å². The van der Waals surface area contributed by atoms with E-state index in [4.69, 9.17) is 14.5 Å². The van der Waals surface area contributed by atoms with Gasteiger partial charge in [-0.15, -0.1) is 0 Å². The Morgan fingerprint density at radius 1 is 0.781 bits per heavy atom. The summed E-state index contributed by atoms with van der Waals surface area (Å²) in [6, 6.07) is 26.7. The number of hydrogen-bond donors (Lipinski definition) is 0. The minimum absolute atomic E-state index is 0.138. The highest BCUT2D eigenvalue weighted by Gasteiger charge is 2.17. The number of benzene rings is 3. The van der Waals surface area contributed by atoms with Crippen molar-refractivity contribution < 1.29 is 9.47 Å². The monoisotopic (exact) mass is 428 g/mol. The summed E-state index contributed by atoms with van der Waals surface area (Å²) in [5.74, 6) is 3.29. The minimum atomic E-state index is -0.138. The normalized spacial score (nSPS) is 12.2. The molecule has 0 saturated carbocycles. The molecule has 1 atom stereocenters. The van der Waals surface area contributed by atoms with Crippen LogP contribution in [0, 0.1) is 0 Å². The molecular weight excluding hydrogens is 396 g/mol. The largest absolute Gasteiger partial charge is 0.494 e. The Morgan fingerprint density at radius 3 is 2.25 bits per heavy atom. The van der Waals surface area contributed by atoms with Gasteiger partial charge in [-0.2, -0.15) is 0 Å². The predicted molar refractivity (Wildman–Crippen MR) is 130 cm³/mol. The topological polar surface area (TPSA) is 36.3 Å². The van der Waals surface area contributed by atoms with Crippen molar-refractivity contribution in [1.29, 1.82) is 0 Å². The van der Waals surface area contributed by atoms with E-state index < -0.39 is 0 Å². The Kier molecular flexibility index (Phi) is 7.10. The lowest BCUT2D eigenvalue weighted by molar-refractivity contribution is 0.211. The van der Waals surface area contributed by atoms with Crippen molar-refractivity contribution in [2.24, 2.45) is 0 Å². The summed E-state index contributed by atoms with van der Waals surface area (Å²) in [6.07, 6.45) is 1.85. The third kappa shape index (κ3) is 5.31. The Labute approximate surface area is 190 Å². The average molecular weight is 429 g/mol. The summed E-state index contributed by atoms with van der Waals surface area (Å²) in [5, 5.41) is 0. The van der Waals surface area contributed by atoms with Crippen LogP contribution in [0.4, 0.5) is 0 Å². The highest BCUT2D eigenvalue weighted by Crippen LogP contribution is 2.26. The Morgan fingerprint density at radius 2 is 1.50 bits per heavy atom. The Bertz CT molecular complexity index is 1120. The highest BCUT2D eigenvalue weighted by atomic mass is 16.5. The second-order valence-corrected chi connectivity index (χ2v) is 8.46. The van der Waals surface area contributed by atoms with Crippen molar-refractivity contribution in [3.05, 3.63) is 90.3 Å². The SMILES string of the molecule is CC(C)c1ccc(OCCCCn2c(C(C)Oc3ccccc3)nc3ccccc32)cc1. The molecule has 1 aromatic heterocycles. The number of nitrogens with zero attached hydrogens (tertiary/aromatic N) is 2. The van der Waals surface area contributed by atoms with Crippen LogP contribution in [0.5, 0.6) is 11.5 Å². The van der Waals surface area contributed by atoms with E-state index in [1.165, 1.54) is 5.56 Å². The fraction of sp³-hybridized carbons (Fsp3) is 0.321. The van der Waals surface area contributed by atoms with Crippen LogP contribution in [0.2, 0.25) is 0 Å². The molecule has 0 aliphatic carbocycles. The number of fused-ring (bicyclic) bond motifs is 1. The number of aromatic nitrogens is 2. The maximum Gasteiger partial charge on any atom is 0.153 e. The quantitative estimate of drug-likeness (QED) is 0.251. The fourth-order valence-corrected chi connectivity index (χ4v) is 3.91. The fourth-order valence-electron chi connectivity index (χ4n) is 3.91. The number of unbranched alkanes of at least 4 members (excludes halogenated alkanes) is 1. The van der Waals surface area contributed by atoms with Gasteiger partial charge in [-0.25, -0.2) is 4.98 Å². The van der Waals surface area contributed by atoms with E-state index in [2.05, 4.69) is 67.8 Å². The van der Waals surface area contributed by atoms with Crippen LogP contribution in [0.15, 0.2) is 78.9 Å². The summed E-state index contributed by atoms with van der Waals surface area (Å²) >= 11 is 0. The molecule has 0 fully saturated rings. The predicted octanol–water partition coefficient (Wildman–Crippen LogP) is 7.16. The van der Waals surface area contributed by atoms with Crippen molar-refractivity contribution in [3.63, 3.8) is 0 Å². The number of para-hydroxylation sites is 3. The molecule has 1 unspecified atom stereocenters. The van der Waals surface area contributed by atoms with Crippen LogP contribution in [0.1, 0.15) is 57.0 Å². The molecule has 0 bridgehead atoms. The maximum atomic E-state index is 6.17. The van der Waals surface area contributed by atoms with Gasteiger partial charge in [-0.05, 0) is 67.6 Å². The van der Waals surface area contributed by atoms with Gasteiger partial charge in [0.1, 0.15) is 11.5 Å². The summed E-state index contributed by atoms with van der Waals surface area (Å²) in [4.78, 5) is 4.88. The standard InChI is InChI=1S/C28H32N2O2/c1-21(2)23-15-17-24(18-16-23)31-20-10-9-19-30-27-14-8-7-13-26(27)29-28(30)22(3)32-25-11-5-4-6-12-25/h4-8,11-18,21-22H,9-10,19-20H2,1-3H3. The molecule has 0 radical (unpaired) electrons. The summed E-state index contributed by atoms with van der Waals surface area (Å²) < 4.78 is 14.4. The smallest absolute Gasteiger partial charge is 0.153 e. The minimum Gasteiger partial charge on any atom is -0.494 e. The first-order chi connectivity index (χ1) is 15.6. The zero-order valence-electron chi connectivity index (χ0n) is 19.2. The van der Waals surface area contributed by atoms with Crippen molar-refractivity contribution >= 4 is 11.0 Å². The molecule has 0 aliphatic heterocycles. The van der Waals surface area contributed by atoms with E-state index in [1.807, 2.05) is 36.4 Å². The van der Waals surface area contributed by atoms with Gasteiger partial charge < -0.3 is 14.0 Å². The van der Waals surface area contributed by atoms with Gasteiger partial charge in [-0.1, -0.05) is 56.3 Å². The number of imidazole rings is 1. The van der Waals surface area contributed by atoms with Gasteiger partial charge in [0.15, 0.2) is 11.9 Å². The molecule has 4 nitrogen and oxygen atoms in total. The zero-order valence-corrected chi connectivity index (χ0v) is 19.2. The first kappa shape index (κ1) is 21.9. The summed E-state index contributed by atoms with van der Waals surface area (Å²) in [6.45, 7) is 8.06. The zero-order chi connectivity index (χ0) is 22.3. The molecule has 3 aromatic carbocycles. The third-order valence-corrected chi connectivity index (χ3v) is 5.70. The second kappa shape index (κ2) is 10.4. The van der Waals surface area contributed by atoms with Gasteiger partial charge >= 0.3 is 0 Å². The second-order valence-electron chi connectivity index (χ2n) is 8.46. The van der Waals surface area contributed by atoms with Crippen LogP contribution in [0.3, 0.4) is 0 Å². The van der Waals surface area contributed by atoms with Crippen molar-refractivity contribution in [3.8, 4) is 11.5 Å². The Balaban J connectivity index is 1.38. The van der Waals surface area contributed by atoms with E-state index >= 15 is 0 Å². The molecule has 0 N–H and O–H groups in total. The van der Waals surface area contributed by atoms with E-state index in [-0.39, 0.29) is 6.10 Å². The van der Waals surface area contributed by atoms with E-state index in [0.29, 0.717) is 12.5 Å². The number of rotatable bonds is 10. The molecule has 4 aromatic rings. The highest BCUT2D eigenvalue weighted by molar-refractivity contribution is 5.76. The van der Waals surface area contributed by atoms with Crippen molar-refractivity contribution in [2.45, 2.75) is 52.2 Å². The van der Waals surface area contributed by atoms with Crippen LogP contribution < -0.4 is 9.47 Å². The molecule has 1 heterocycles. The van der Waals surface area contributed by atoms with Gasteiger partial charge in [0.2, 0.25) is 0 Å². The van der Waals surface area contributed by atoms with E-state index in [1.54, 1.807) is 0 Å². The number of hydrogen-bond acceptors (Lipinski definition) is 3. The first-order valence-corrected chi connectivity index (χ1v) is 11.5.